The van der Waals surface area contributed by atoms with Crippen LogP contribution in [-0.2, 0) is 6.42 Å². The van der Waals surface area contributed by atoms with Crippen molar-refractivity contribution in [2.24, 2.45) is 0 Å². The highest BCUT2D eigenvalue weighted by atomic mass is 16.5. The Hall–Kier alpha value is -1.80. The summed E-state index contributed by atoms with van der Waals surface area (Å²) < 4.78 is 6.06. The van der Waals surface area contributed by atoms with Crippen LogP contribution in [0.4, 0.5) is 0 Å². The Labute approximate surface area is 127 Å². The molecule has 110 valence electrons. The number of aryl methyl sites for hydroxylation is 1. The van der Waals surface area contributed by atoms with E-state index >= 15 is 0 Å². The van der Waals surface area contributed by atoms with E-state index in [0.717, 1.165) is 25.1 Å². The van der Waals surface area contributed by atoms with E-state index in [2.05, 4.69) is 67.7 Å². The van der Waals surface area contributed by atoms with Gasteiger partial charge in [0.15, 0.2) is 0 Å². The molecule has 0 fully saturated rings. The maximum Gasteiger partial charge on any atom is 0.125 e. The minimum Gasteiger partial charge on any atom is -0.486 e. The largest absolute Gasteiger partial charge is 0.486 e. The second-order valence-corrected chi connectivity index (χ2v) is 6.22. The average Bonchev–Trinajstić information content (AvgIpc) is 2.75. The molecule has 2 aromatic rings. The number of hydrogen-bond donors (Lipinski definition) is 1. The van der Waals surface area contributed by atoms with Gasteiger partial charge in [0.1, 0.15) is 11.4 Å². The number of para-hydroxylation sites is 1. The van der Waals surface area contributed by atoms with Crippen molar-refractivity contribution in [3.63, 3.8) is 0 Å². The summed E-state index contributed by atoms with van der Waals surface area (Å²) in [6.45, 7) is 5.31. The molecule has 3 rings (SSSR count). The summed E-state index contributed by atoms with van der Waals surface area (Å²) in [5, 5.41) is 3.67. The molecule has 0 amide bonds. The van der Waals surface area contributed by atoms with Crippen molar-refractivity contribution in [3.8, 4) is 5.75 Å². The Morgan fingerprint density at radius 3 is 2.52 bits per heavy atom. The van der Waals surface area contributed by atoms with E-state index in [1.807, 2.05) is 6.07 Å². The lowest BCUT2D eigenvalue weighted by molar-refractivity contribution is 0.0965. The quantitative estimate of drug-likeness (QED) is 0.832. The van der Waals surface area contributed by atoms with Gasteiger partial charge in [0.05, 0.1) is 6.04 Å². The van der Waals surface area contributed by atoms with Gasteiger partial charge in [0, 0.05) is 5.56 Å². The van der Waals surface area contributed by atoms with Crippen molar-refractivity contribution in [3.05, 3.63) is 65.7 Å². The fourth-order valence-electron chi connectivity index (χ4n) is 3.07. The molecule has 0 spiro atoms. The van der Waals surface area contributed by atoms with Crippen molar-refractivity contribution < 1.29 is 4.74 Å². The number of benzene rings is 2. The van der Waals surface area contributed by atoms with Crippen molar-refractivity contribution in [1.29, 1.82) is 0 Å². The zero-order chi connectivity index (χ0) is 14.7. The van der Waals surface area contributed by atoms with Crippen LogP contribution < -0.4 is 10.1 Å². The summed E-state index contributed by atoms with van der Waals surface area (Å²) in [6.07, 6.45) is 2.25. The lowest BCUT2D eigenvalue weighted by atomic mass is 9.94. The zero-order valence-electron chi connectivity index (χ0n) is 12.8. The number of hydrogen-bond acceptors (Lipinski definition) is 2. The molecule has 1 aliphatic rings. The Morgan fingerprint density at radius 2 is 1.71 bits per heavy atom. The van der Waals surface area contributed by atoms with Crippen LogP contribution in [0.2, 0.25) is 0 Å². The maximum absolute atomic E-state index is 6.06. The molecule has 0 saturated carbocycles. The van der Waals surface area contributed by atoms with E-state index in [4.69, 9.17) is 4.74 Å². The third-order valence-corrected chi connectivity index (χ3v) is 4.13. The molecule has 2 heteroatoms. The smallest absolute Gasteiger partial charge is 0.125 e. The first-order valence-electron chi connectivity index (χ1n) is 7.72. The fraction of sp³-hybridized carbons (Fsp3) is 0.368. The second-order valence-electron chi connectivity index (χ2n) is 6.22. The molecular weight excluding hydrogens is 258 g/mol. The highest BCUT2D eigenvalue weighted by Gasteiger charge is 2.40. The summed E-state index contributed by atoms with van der Waals surface area (Å²) in [6, 6.07) is 19.3. The molecule has 0 aromatic heterocycles. The molecule has 1 heterocycles. The van der Waals surface area contributed by atoms with E-state index < -0.39 is 0 Å². The lowest BCUT2D eigenvalue weighted by Gasteiger charge is -2.27. The predicted octanol–water partition coefficient (Wildman–Crippen LogP) is 4.12. The third kappa shape index (κ3) is 3.11. The van der Waals surface area contributed by atoms with Crippen LogP contribution in [-0.4, -0.2) is 12.1 Å². The van der Waals surface area contributed by atoms with Gasteiger partial charge in [0.2, 0.25) is 0 Å². The predicted molar refractivity (Wildman–Crippen MR) is 86.7 cm³/mol. The van der Waals surface area contributed by atoms with Crippen LogP contribution in [0.15, 0.2) is 54.6 Å². The summed E-state index contributed by atoms with van der Waals surface area (Å²) in [7, 11) is 0. The Morgan fingerprint density at radius 1 is 1.00 bits per heavy atom. The standard InChI is InChI=1S/C19H23NO/c1-19(2)18(16-12-6-7-13-17(16)21-19)20-14-8-11-15-9-4-3-5-10-15/h3-7,9-10,12-13,18,20H,8,11,14H2,1-2H3. The first-order chi connectivity index (χ1) is 10.2. The van der Waals surface area contributed by atoms with Gasteiger partial charge in [-0.25, -0.2) is 0 Å². The normalized spacial score (nSPS) is 19.0. The SMILES string of the molecule is CC1(C)Oc2ccccc2C1NCCCc1ccccc1. The topological polar surface area (TPSA) is 21.3 Å². The first kappa shape index (κ1) is 14.2. The van der Waals surface area contributed by atoms with Gasteiger partial charge in [-0.1, -0.05) is 48.5 Å². The van der Waals surface area contributed by atoms with Gasteiger partial charge in [-0.05, 0) is 44.9 Å². The molecule has 1 atom stereocenters. The summed E-state index contributed by atoms with van der Waals surface area (Å²) >= 11 is 0. The molecule has 0 aliphatic carbocycles. The van der Waals surface area contributed by atoms with E-state index in [-0.39, 0.29) is 11.6 Å². The van der Waals surface area contributed by atoms with Crippen molar-refractivity contribution in [2.75, 3.05) is 6.54 Å². The zero-order valence-corrected chi connectivity index (χ0v) is 12.8. The lowest BCUT2D eigenvalue weighted by Crippen LogP contribution is -2.39. The highest BCUT2D eigenvalue weighted by molar-refractivity contribution is 5.42. The molecule has 2 aromatic carbocycles. The number of ether oxygens (including phenoxy) is 1. The maximum atomic E-state index is 6.06. The molecule has 1 unspecified atom stereocenters. The minimum atomic E-state index is -0.184. The fourth-order valence-corrected chi connectivity index (χ4v) is 3.07. The Bertz CT molecular complexity index is 592. The second kappa shape index (κ2) is 5.90. The van der Waals surface area contributed by atoms with Gasteiger partial charge in [0.25, 0.3) is 0 Å². The van der Waals surface area contributed by atoms with E-state index in [1.165, 1.54) is 11.1 Å². The van der Waals surface area contributed by atoms with Crippen LogP contribution in [0.3, 0.4) is 0 Å². The van der Waals surface area contributed by atoms with Gasteiger partial charge >= 0.3 is 0 Å². The van der Waals surface area contributed by atoms with Gasteiger partial charge in [-0.15, -0.1) is 0 Å². The molecule has 2 nitrogen and oxygen atoms in total. The summed E-state index contributed by atoms with van der Waals surface area (Å²) in [5.74, 6) is 1.02. The summed E-state index contributed by atoms with van der Waals surface area (Å²) in [5.41, 5.74) is 2.50. The van der Waals surface area contributed by atoms with E-state index in [9.17, 15) is 0 Å². The molecule has 0 saturated heterocycles. The van der Waals surface area contributed by atoms with Gasteiger partial charge < -0.3 is 10.1 Å². The molecule has 1 aliphatic heterocycles. The molecule has 0 radical (unpaired) electrons. The number of nitrogens with one attached hydrogen (secondary N) is 1. The summed E-state index contributed by atoms with van der Waals surface area (Å²) in [4.78, 5) is 0. The minimum absolute atomic E-state index is 0.184. The van der Waals surface area contributed by atoms with Crippen LogP contribution in [0.1, 0.15) is 37.4 Å². The molecule has 21 heavy (non-hydrogen) atoms. The first-order valence-corrected chi connectivity index (χ1v) is 7.72. The highest BCUT2D eigenvalue weighted by Crippen LogP contribution is 2.42. The van der Waals surface area contributed by atoms with Crippen molar-refractivity contribution in [1.82, 2.24) is 5.32 Å². The van der Waals surface area contributed by atoms with Gasteiger partial charge in [-0.2, -0.15) is 0 Å². The average molecular weight is 281 g/mol. The van der Waals surface area contributed by atoms with Crippen molar-refractivity contribution in [2.45, 2.75) is 38.3 Å². The Kier molecular flexibility index (Phi) is 3.98. The van der Waals surface area contributed by atoms with Crippen LogP contribution in [0.25, 0.3) is 0 Å². The van der Waals surface area contributed by atoms with Crippen LogP contribution >= 0.6 is 0 Å². The van der Waals surface area contributed by atoms with Crippen LogP contribution in [0, 0.1) is 0 Å². The third-order valence-electron chi connectivity index (χ3n) is 4.13. The number of rotatable bonds is 5. The monoisotopic (exact) mass is 281 g/mol. The molecule has 0 bridgehead atoms. The van der Waals surface area contributed by atoms with E-state index in [1.54, 1.807) is 0 Å². The molecule has 1 N–H and O–H groups in total. The Balaban J connectivity index is 1.57. The van der Waals surface area contributed by atoms with Crippen molar-refractivity contribution >= 4 is 0 Å². The van der Waals surface area contributed by atoms with Gasteiger partial charge in [-0.3, -0.25) is 0 Å². The molecular formula is C19H23NO. The number of fused-ring (bicyclic) bond motifs is 1. The van der Waals surface area contributed by atoms with Crippen LogP contribution in [0.5, 0.6) is 5.75 Å². The van der Waals surface area contributed by atoms with E-state index in [0.29, 0.717) is 0 Å².